The molecule has 0 bridgehead atoms. The third kappa shape index (κ3) is 5.07. The molecule has 2 saturated heterocycles. The number of epoxide rings is 2. The molecule has 5 atom stereocenters. The van der Waals surface area contributed by atoms with Gasteiger partial charge in [-0.1, -0.05) is 0 Å². The van der Waals surface area contributed by atoms with E-state index < -0.39 is 0 Å². The summed E-state index contributed by atoms with van der Waals surface area (Å²) in [7, 11) is 0. The van der Waals surface area contributed by atoms with Gasteiger partial charge in [0.25, 0.3) is 0 Å². The van der Waals surface area contributed by atoms with Crippen LogP contribution in [0.5, 0.6) is 0 Å². The van der Waals surface area contributed by atoms with Crippen LogP contribution < -0.4 is 0 Å². The zero-order valence-electron chi connectivity index (χ0n) is 15.2. The second-order valence-electron chi connectivity index (χ2n) is 8.00. The molecule has 0 radical (unpaired) electrons. The van der Waals surface area contributed by atoms with Gasteiger partial charge in [0.2, 0.25) is 0 Å². The summed E-state index contributed by atoms with van der Waals surface area (Å²) in [6.07, 6.45) is 11.4. The van der Waals surface area contributed by atoms with E-state index in [1.54, 1.807) is 6.26 Å². The quantitative estimate of drug-likeness (QED) is 0.285. The molecule has 0 aromatic carbocycles. The monoisotopic (exact) mass is 364 g/mol. The van der Waals surface area contributed by atoms with Crippen LogP contribution in [0.3, 0.4) is 0 Å². The molecule has 6 heteroatoms. The third-order valence-electron chi connectivity index (χ3n) is 5.86. The number of ether oxygens (including phenoxy) is 4. The number of hydrogen-bond donors (Lipinski definition) is 0. The summed E-state index contributed by atoms with van der Waals surface area (Å²) in [5.74, 6) is 0.0493. The molecule has 4 fully saturated rings. The minimum absolute atomic E-state index is 0.166. The van der Waals surface area contributed by atoms with Crippen molar-refractivity contribution in [3.05, 3.63) is 11.8 Å². The SMILES string of the molecule is O=C(CCCCC(=O)OCC1CCC2OC2C1)O/C=C1\CCC2OC2C1. The lowest BCUT2D eigenvalue weighted by molar-refractivity contribution is -0.146. The van der Waals surface area contributed by atoms with Crippen LogP contribution in [0.25, 0.3) is 0 Å². The van der Waals surface area contributed by atoms with Crippen LogP contribution >= 0.6 is 0 Å². The van der Waals surface area contributed by atoms with E-state index in [0.29, 0.717) is 62.6 Å². The number of esters is 2. The van der Waals surface area contributed by atoms with E-state index in [0.717, 1.165) is 44.1 Å². The van der Waals surface area contributed by atoms with Crippen molar-refractivity contribution >= 4 is 11.9 Å². The Morgan fingerprint density at radius 1 is 0.962 bits per heavy atom. The summed E-state index contributed by atoms with van der Waals surface area (Å²) in [4.78, 5) is 23.6. The Balaban J connectivity index is 1.02. The maximum Gasteiger partial charge on any atom is 0.310 e. The maximum absolute atomic E-state index is 11.8. The van der Waals surface area contributed by atoms with E-state index >= 15 is 0 Å². The standard InChI is InChI=1S/C20H28O6/c21-19(23-11-13-5-7-15-17(9-13)25-15)3-1-2-4-20(22)24-12-14-6-8-16-18(10-14)26-16/h11,14-18H,1-10,12H2/b13-11+. The molecular formula is C20H28O6. The van der Waals surface area contributed by atoms with Gasteiger partial charge in [-0.05, 0) is 56.4 Å². The van der Waals surface area contributed by atoms with E-state index in [9.17, 15) is 9.59 Å². The molecule has 0 amide bonds. The topological polar surface area (TPSA) is 77.7 Å². The molecule has 2 aliphatic carbocycles. The first-order valence-electron chi connectivity index (χ1n) is 10.0. The largest absolute Gasteiger partial charge is 0.465 e. The first kappa shape index (κ1) is 18.0. The third-order valence-corrected chi connectivity index (χ3v) is 5.86. The van der Waals surface area contributed by atoms with Gasteiger partial charge in [0.15, 0.2) is 0 Å². The highest BCUT2D eigenvalue weighted by Gasteiger charge is 2.44. The minimum atomic E-state index is -0.231. The molecule has 0 spiro atoms. The molecule has 144 valence electrons. The van der Waals surface area contributed by atoms with Gasteiger partial charge in [0.1, 0.15) is 0 Å². The Bertz CT molecular complexity index is 571. The van der Waals surface area contributed by atoms with E-state index in [2.05, 4.69) is 0 Å². The summed E-state index contributed by atoms with van der Waals surface area (Å²) in [6.45, 7) is 0.507. The fraction of sp³-hybridized carbons (Fsp3) is 0.800. The smallest absolute Gasteiger partial charge is 0.310 e. The number of fused-ring (bicyclic) bond motifs is 2. The highest BCUT2D eigenvalue weighted by molar-refractivity contribution is 5.71. The lowest BCUT2D eigenvalue weighted by atomic mass is 9.90. The zero-order valence-corrected chi connectivity index (χ0v) is 15.2. The van der Waals surface area contributed by atoms with Crippen LogP contribution in [0.4, 0.5) is 0 Å². The van der Waals surface area contributed by atoms with Gasteiger partial charge >= 0.3 is 11.9 Å². The molecule has 0 N–H and O–H groups in total. The van der Waals surface area contributed by atoms with Crippen LogP contribution in [-0.2, 0) is 28.5 Å². The van der Waals surface area contributed by atoms with Crippen LogP contribution in [-0.4, -0.2) is 43.0 Å². The highest BCUT2D eigenvalue weighted by atomic mass is 16.6. The van der Waals surface area contributed by atoms with Crippen molar-refractivity contribution in [1.82, 2.24) is 0 Å². The van der Waals surface area contributed by atoms with Crippen molar-refractivity contribution in [2.75, 3.05) is 6.61 Å². The lowest BCUT2D eigenvalue weighted by Crippen LogP contribution is -2.20. The van der Waals surface area contributed by atoms with Crippen molar-refractivity contribution in [3.63, 3.8) is 0 Å². The molecule has 5 unspecified atom stereocenters. The molecule has 4 aliphatic rings. The Hall–Kier alpha value is -1.40. The molecule has 0 aromatic heterocycles. The van der Waals surface area contributed by atoms with Gasteiger partial charge in [-0.15, -0.1) is 0 Å². The molecular weight excluding hydrogens is 336 g/mol. The Labute approximate surface area is 154 Å². The number of carbonyl (C=O) groups is 2. The number of hydrogen-bond acceptors (Lipinski definition) is 6. The lowest BCUT2D eigenvalue weighted by Gasteiger charge is -2.18. The summed E-state index contributed by atoms with van der Waals surface area (Å²) in [5, 5.41) is 0. The van der Waals surface area contributed by atoms with Crippen molar-refractivity contribution in [1.29, 1.82) is 0 Å². The van der Waals surface area contributed by atoms with E-state index in [1.807, 2.05) is 0 Å². The summed E-state index contributed by atoms with van der Waals surface area (Å²) in [5.41, 5.74) is 1.16. The average molecular weight is 364 g/mol. The normalized spacial score (nSPS) is 36.0. The second kappa shape index (κ2) is 8.09. The summed E-state index contributed by atoms with van der Waals surface area (Å²) >= 11 is 0. The highest BCUT2D eigenvalue weighted by Crippen LogP contribution is 2.40. The Kier molecular flexibility index (Phi) is 5.60. The average Bonchev–Trinajstić information content (AvgIpc) is 3.55. The van der Waals surface area contributed by atoms with Crippen molar-refractivity contribution in [2.24, 2.45) is 5.92 Å². The maximum atomic E-state index is 11.8. The molecule has 0 aromatic rings. The number of carbonyl (C=O) groups excluding carboxylic acids is 2. The first-order valence-corrected chi connectivity index (χ1v) is 10.0. The van der Waals surface area contributed by atoms with Crippen LogP contribution in [0.1, 0.15) is 64.2 Å². The predicted octanol–water partition coefficient (Wildman–Crippen LogP) is 3.04. The molecule has 26 heavy (non-hydrogen) atoms. The van der Waals surface area contributed by atoms with Gasteiger partial charge < -0.3 is 18.9 Å². The van der Waals surface area contributed by atoms with Gasteiger partial charge in [-0.2, -0.15) is 0 Å². The van der Waals surface area contributed by atoms with Gasteiger partial charge in [-0.3, -0.25) is 9.59 Å². The molecule has 6 nitrogen and oxygen atoms in total. The van der Waals surface area contributed by atoms with Crippen LogP contribution in [0, 0.1) is 5.92 Å². The number of unbranched alkanes of at least 4 members (excludes halogenated alkanes) is 1. The summed E-state index contributed by atoms with van der Waals surface area (Å²) < 4.78 is 21.5. The van der Waals surface area contributed by atoms with Crippen molar-refractivity contribution in [3.8, 4) is 0 Å². The van der Waals surface area contributed by atoms with Crippen molar-refractivity contribution < 1.29 is 28.5 Å². The second-order valence-corrected chi connectivity index (χ2v) is 8.00. The Morgan fingerprint density at radius 3 is 2.54 bits per heavy atom. The van der Waals surface area contributed by atoms with E-state index in [-0.39, 0.29) is 11.9 Å². The molecule has 2 heterocycles. The van der Waals surface area contributed by atoms with Gasteiger partial charge in [0, 0.05) is 19.3 Å². The van der Waals surface area contributed by atoms with Crippen LogP contribution in [0.2, 0.25) is 0 Å². The minimum Gasteiger partial charge on any atom is -0.465 e. The molecule has 2 aliphatic heterocycles. The zero-order chi connectivity index (χ0) is 17.9. The molecule has 4 rings (SSSR count). The van der Waals surface area contributed by atoms with Crippen LogP contribution in [0.15, 0.2) is 11.8 Å². The number of rotatable bonds is 8. The fourth-order valence-electron chi connectivity index (χ4n) is 4.08. The van der Waals surface area contributed by atoms with Crippen molar-refractivity contribution in [2.45, 2.75) is 88.6 Å². The molecule has 2 saturated carbocycles. The Morgan fingerprint density at radius 2 is 1.73 bits per heavy atom. The van der Waals surface area contributed by atoms with Gasteiger partial charge in [0.05, 0.1) is 37.3 Å². The van der Waals surface area contributed by atoms with Gasteiger partial charge in [-0.25, -0.2) is 0 Å². The summed E-state index contributed by atoms with van der Waals surface area (Å²) in [6, 6.07) is 0. The predicted molar refractivity (Wildman–Crippen MR) is 92.1 cm³/mol. The van der Waals surface area contributed by atoms with E-state index in [1.165, 1.54) is 0 Å². The fourth-order valence-corrected chi connectivity index (χ4v) is 4.08. The first-order chi connectivity index (χ1) is 12.7. The van der Waals surface area contributed by atoms with E-state index in [4.69, 9.17) is 18.9 Å².